The van der Waals surface area contributed by atoms with Crippen LogP contribution in [0.3, 0.4) is 0 Å². The van der Waals surface area contributed by atoms with Crippen LogP contribution in [0.1, 0.15) is 168 Å². The Morgan fingerprint density at radius 1 is 0.481 bits per heavy atom. The van der Waals surface area contributed by atoms with Crippen LogP contribution in [0.4, 0.5) is 0 Å². The summed E-state index contributed by atoms with van der Waals surface area (Å²) < 4.78 is 0. The summed E-state index contributed by atoms with van der Waals surface area (Å²) in [4.78, 5) is 12.4. The van der Waals surface area contributed by atoms with Gasteiger partial charge in [0, 0.05) is 6.42 Å². The zero-order chi connectivity index (χ0) is 37.8. The Hall–Kier alpha value is -2.95. The second-order valence-corrected chi connectivity index (χ2v) is 13.7. The minimum Gasteiger partial charge on any atom is -0.394 e. The van der Waals surface area contributed by atoms with E-state index in [1.54, 1.807) is 6.08 Å². The summed E-state index contributed by atoms with van der Waals surface area (Å²) in [5.74, 6) is -0.108. The predicted octanol–water partition coefficient (Wildman–Crippen LogP) is 13.2. The number of allylic oxidation sites excluding steroid dienone is 17. The van der Waals surface area contributed by atoms with E-state index in [-0.39, 0.29) is 12.5 Å². The van der Waals surface area contributed by atoms with Crippen LogP contribution in [0.15, 0.2) is 109 Å². The molecule has 52 heavy (non-hydrogen) atoms. The van der Waals surface area contributed by atoms with Crippen LogP contribution in [0.25, 0.3) is 0 Å². The zero-order valence-electron chi connectivity index (χ0n) is 33.5. The van der Waals surface area contributed by atoms with E-state index in [0.717, 1.165) is 96.3 Å². The molecule has 1 amide bonds. The molecule has 0 heterocycles. The third-order valence-corrected chi connectivity index (χ3v) is 8.72. The number of rotatable bonds is 36. The summed E-state index contributed by atoms with van der Waals surface area (Å²) in [5, 5.41) is 22.9. The molecular weight excluding hydrogens is 639 g/mol. The maximum atomic E-state index is 12.4. The Labute approximate surface area is 321 Å². The number of hydrogen-bond acceptors (Lipinski definition) is 3. The number of carbonyl (C=O) groups excluding carboxylic acids is 1. The second-order valence-electron chi connectivity index (χ2n) is 13.7. The van der Waals surface area contributed by atoms with Crippen LogP contribution < -0.4 is 5.32 Å². The molecule has 0 aromatic rings. The lowest BCUT2D eigenvalue weighted by Crippen LogP contribution is -2.45. The Morgan fingerprint density at radius 3 is 1.35 bits per heavy atom. The standard InChI is InChI=1S/C48H79NO3/c1-3-5-7-9-11-13-15-17-19-21-22-23-24-25-26-28-30-32-34-36-38-40-42-44-48(52)49-46(45-50)47(51)43-41-39-37-35-33-31-29-27-20-18-16-14-12-10-8-6-4-2/h5,7,11,13,17,19-20,22-23,25-27,30,32-33,35,41,43,46-47,50-51H,3-4,6,8-10,12,14-16,18,21,24,28-29,31,34,36-40,42,44-45H2,1-2H3,(H,49,52)/b7-5-,13-11-,19-17-,23-22-,26-25-,27-20+,32-30-,35-33+,43-41+. The van der Waals surface area contributed by atoms with Crippen molar-refractivity contribution in [3.8, 4) is 0 Å². The molecule has 0 fully saturated rings. The van der Waals surface area contributed by atoms with Gasteiger partial charge < -0.3 is 15.5 Å². The van der Waals surface area contributed by atoms with Gasteiger partial charge in [-0.05, 0) is 96.3 Å². The van der Waals surface area contributed by atoms with Gasteiger partial charge in [0.1, 0.15) is 0 Å². The van der Waals surface area contributed by atoms with Gasteiger partial charge in [0.05, 0.1) is 18.8 Å². The topological polar surface area (TPSA) is 69.6 Å². The Bertz CT molecular complexity index is 1040. The van der Waals surface area contributed by atoms with E-state index < -0.39 is 12.1 Å². The summed E-state index contributed by atoms with van der Waals surface area (Å²) in [7, 11) is 0. The van der Waals surface area contributed by atoms with E-state index in [4.69, 9.17) is 0 Å². The van der Waals surface area contributed by atoms with Crippen molar-refractivity contribution in [3.63, 3.8) is 0 Å². The van der Waals surface area contributed by atoms with E-state index >= 15 is 0 Å². The van der Waals surface area contributed by atoms with Crippen LogP contribution in [-0.2, 0) is 4.79 Å². The normalized spacial score (nSPS) is 14.2. The molecule has 0 rings (SSSR count). The Balaban J connectivity index is 3.78. The lowest BCUT2D eigenvalue weighted by Gasteiger charge is -2.19. The van der Waals surface area contributed by atoms with Crippen molar-refractivity contribution >= 4 is 5.91 Å². The highest BCUT2D eigenvalue weighted by molar-refractivity contribution is 5.76. The SMILES string of the molecule is CC/C=C\C/C=C\C/C=C\C/C=C\C/C=C\C/C=C\CCCCCCC(=O)NC(CO)C(O)/C=C/CC/C=C/CC/C=C/CCCCCCCCC. The van der Waals surface area contributed by atoms with Gasteiger partial charge in [0.15, 0.2) is 0 Å². The monoisotopic (exact) mass is 718 g/mol. The molecule has 0 bridgehead atoms. The number of unbranched alkanes of at least 4 members (excludes halogenated alkanes) is 13. The Morgan fingerprint density at radius 2 is 0.865 bits per heavy atom. The molecular formula is C48H79NO3. The van der Waals surface area contributed by atoms with Gasteiger partial charge >= 0.3 is 0 Å². The summed E-state index contributed by atoms with van der Waals surface area (Å²) in [5.41, 5.74) is 0. The molecule has 0 spiro atoms. The van der Waals surface area contributed by atoms with Gasteiger partial charge in [-0.3, -0.25) is 4.79 Å². The van der Waals surface area contributed by atoms with Crippen molar-refractivity contribution in [2.24, 2.45) is 0 Å². The molecule has 0 radical (unpaired) electrons. The number of hydrogen-bond donors (Lipinski definition) is 3. The molecule has 0 aliphatic rings. The summed E-state index contributed by atoms with van der Waals surface area (Å²) in [6.07, 6.45) is 64.7. The summed E-state index contributed by atoms with van der Waals surface area (Å²) in [6, 6.07) is -0.666. The first-order valence-electron chi connectivity index (χ1n) is 21.1. The van der Waals surface area contributed by atoms with Crippen molar-refractivity contribution in [2.75, 3.05) is 6.61 Å². The van der Waals surface area contributed by atoms with Crippen molar-refractivity contribution in [1.82, 2.24) is 5.32 Å². The van der Waals surface area contributed by atoms with Crippen LogP contribution in [-0.4, -0.2) is 34.9 Å². The maximum Gasteiger partial charge on any atom is 0.220 e. The lowest BCUT2D eigenvalue weighted by molar-refractivity contribution is -0.123. The molecule has 2 unspecified atom stereocenters. The lowest BCUT2D eigenvalue weighted by atomic mass is 10.1. The third kappa shape index (κ3) is 38.3. The smallest absolute Gasteiger partial charge is 0.220 e. The van der Waals surface area contributed by atoms with Crippen LogP contribution in [0.2, 0.25) is 0 Å². The molecule has 0 aliphatic carbocycles. The van der Waals surface area contributed by atoms with E-state index in [1.165, 1.54) is 51.4 Å². The van der Waals surface area contributed by atoms with Crippen LogP contribution >= 0.6 is 0 Å². The number of nitrogens with one attached hydrogen (secondary N) is 1. The fourth-order valence-electron chi connectivity index (χ4n) is 5.50. The first kappa shape index (κ1) is 49.1. The van der Waals surface area contributed by atoms with Gasteiger partial charge in [-0.1, -0.05) is 175 Å². The average molecular weight is 718 g/mol. The fraction of sp³-hybridized carbons (Fsp3) is 0.604. The molecule has 294 valence electrons. The van der Waals surface area contributed by atoms with Crippen LogP contribution in [0.5, 0.6) is 0 Å². The first-order valence-corrected chi connectivity index (χ1v) is 21.1. The molecule has 3 N–H and O–H groups in total. The van der Waals surface area contributed by atoms with Crippen molar-refractivity contribution in [3.05, 3.63) is 109 Å². The summed E-state index contributed by atoms with van der Waals surface area (Å²) >= 11 is 0. The molecule has 2 atom stereocenters. The second kappa shape index (κ2) is 42.5. The van der Waals surface area contributed by atoms with Gasteiger partial charge in [-0.15, -0.1) is 0 Å². The van der Waals surface area contributed by atoms with E-state index in [9.17, 15) is 15.0 Å². The summed E-state index contributed by atoms with van der Waals surface area (Å²) in [6.45, 7) is 4.14. The number of aliphatic hydroxyl groups is 2. The molecule has 4 heteroatoms. The minimum atomic E-state index is -0.888. The number of carbonyl (C=O) groups is 1. The molecule has 0 aliphatic heterocycles. The highest BCUT2D eigenvalue weighted by Crippen LogP contribution is 2.10. The van der Waals surface area contributed by atoms with Gasteiger partial charge in [0.2, 0.25) is 5.91 Å². The molecule has 4 nitrogen and oxygen atoms in total. The van der Waals surface area contributed by atoms with Gasteiger partial charge in [-0.25, -0.2) is 0 Å². The zero-order valence-corrected chi connectivity index (χ0v) is 33.5. The fourth-order valence-corrected chi connectivity index (χ4v) is 5.50. The number of amides is 1. The van der Waals surface area contributed by atoms with Crippen LogP contribution in [0, 0.1) is 0 Å². The first-order chi connectivity index (χ1) is 25.7. The molecule has 0 saturated heterocycles. The minimum absolute atomic E-state index is 0.108. The van der Waals surface area contributed by atoms with Gasteiger partial charge in [0.25, 0.3) is 0 Å². The highest BCUT2D eigenvalue weighted by Gasteiger charge is 2.17. The quantitative estimate of drug-likeness (QED) is 0.0446. The largest absolute Gasteiger partial charge is 0.394 e. The predicted molar refractivity (Wildman–Crippen MR) is 229 cm³/mol. The molecule has 0 aromatic carbocycles. The van der Waals surface area contributed by atoms with E-state index in [1.807, 2.05) is 6.08 Å². The van der Waals surface area contributed by atoms with Crippen molar-refractivity contribution in [2.45, 2.75) is 180 Å². The number of aliphatic hydroxyl groups excluding tert-OH is 2. The average Bonchev–Trinajstić information content (AvgIpc) is 3.15. The third-order valence-electron chi connectivity index (χ3n) is 8.72. The van der Waals surface area contributed by atoms with E-state index in [0.29, 0.717) is 6.42 Å². The Kier molecular flexibility index (Phi) is 40.1. The molecule has 0 saturated carbocycles. The van der Waals surface area contributed by atoms with E-state index in [2.05, 4.69) is 116 Å². The molecule has 0 aromatic heterocycles. The highest BCUT2D eigenvalue weighted by atomic mass is 16.3. The van der Waals surface area contributed by atoms with Crippen molar-refractivity contribution < 1.29 is 15.0 Å². The van der Waals surface area contributed by atoms with Crippen molar-refractivity contribution in [1.29, 1.82) is 0 Å². The maximum absolute atomic E-state index is 12.4. The van der Waals surface area contributed by atoms with Gasteiger partial charge in [-0.2, -0.15) is 0 Å².